The number of carbonyl (C=O) groups excluding carboxylic acids is 1. The molecule has 0 bridgehead atoms. The van der Waals surface area contributed by atoms with E-state index in [-0.39, 0.29) is 11.9 Å². The summed E-state index contributed by atoms with van der Waals surface area (Å²) in [6.07, 6.45) is 4.57. The smallest absolute Gasteiger partial charge is 0.254 e. The van der Waals surface area contributed by atoms with Gasteiger partial charge in [0.15, 0.2) is 0 Å². The van der Waals surface area contributed by atoms with Gasteiger partial charge in [0, 0.05) is 30.9 Å². The summed E-state index contributed by atoms with van der Waals surface area (Å²) in [6, 6.07) is 22.8. The van der Waals surface area contributed by atoms with Crippen molar-refractivity contribution in [3.05, 3.63) is 78.5 Å². The van der Waals surface area contributed by atoms with Crippen molar-refractivity contribution in [2.24, 2.45) is 5.73 Å². The van der Waals surface area contributed by atoms with Crippen LogP contribution in [0, 0.1) is 0 Å². The second kappa shape index (κ2) is 8.36. The van der Waals surface area contributed by atoms with Gasteiger partial charge in [-0.1, -0.05) is 54.6 Å². The minimum atomic E-state index is 0.103. The molecule has 1 atom stereocenters. The standard InChI is InChI=1S/C26H26N4O/c27-20-4-3-16-30(17-14-20)26(31)24-8-2-6-22-21(5-1-7-23(22)24)18-9-11-19(12-10-18)25-13-15-28-29-25/h1-2,5-13,15,20H,3-4,14,16-17,27H2,(H,28,29). The van der Waals surface area contributed by atoms with Gasteiger partial charge in [-0.05, 0) is 58.9 Å². The zero-order chi connectivity index (χ0) is 21.2. The minimum absolute atomic E-state index is 0.103. The Labute approximate surface area is 181 Å². The molecule has 0 radical (unpaired) electrons. The van der Waals surface area contributed by atoms with Crippen LogP contribution in [-0.4, -0.2) is 40.1 Å². The Bertz CT molecular complexity index is 1200. The molecule has 1 fully saturated rings. The van der Waals surface area contributed by atoms with Crippen LogP contribution in [0.25, 0.3) is 33.2 Å². The Kier molecular flexibility index (Phi) is 5.26. The largest absolute Gasteiger partial charge is 0.339 e. The molecule has 5 heteroatoms. The maximum Gasteiger partial charge on any atom is 0.254 e. The third kappa shape index (κ3) is 3.84. The number of rotatable bonds is 3. The molecule has 3 N–H and O–H groups in total. The van der Waals surface area contributed by atoms with Crippen molar-refractivity contribution in [3.8, 4) is 22.4 Å². The van der Waals surface area contributed by atoms with Crippen LogP contribution in [0.3, 0.4) is 0 Å². The molecule has 2 heterocycles. The van der Waals surface area contributed by atoms with Crippen LogP contribution in [0.5, 0.6) is 0 Å². The van der Waals surface area contributed by atoms with Gasteiger partial charge < -0.3 is 10.6 Å². The van der Waals surface area contributed by atoms with Gasteiger partial charge in [-0.3, -0.25) is 9.89 Å². The lowest BCUT2D eigenvalue weighted by Crippen LogP contribution is -2.32. The van der Waals surface area contributed by atoms with Crippen LogP contribution in [0.15, 0.2) is 72.9 Å². The number of hydrogen-bond acceptors (Lipinski definition) is 3. The number of benzene rings is 3. The average Bonchev–Trinajstić information content (AvgIpc) is 3.26. The fraction of sp³-hybridized carbons (Fsp3) is 0.231. The van der Waals surface area contributed by atoms with Gasteiger partial charge in [0.25, 0.3) is 5.91 Å². The highest BCUT2D eigenvalue weighted by atomic mass is 16.2. The molecule has 1 amide bonds. The van der Waals surface area contributed by atoms with Crippen molar-refractivity contribution < 1.29 is 4.79 Å². The van der Waals surface area contributed by atoms with E-state index in [9.17, 15) is 4.79 Å². The number of nitrogens with one attached hydrogen (secondary N) is 1. The van der Waals surface area contributed by atoms with Crippen LogP contribution < -0.4 is 5.73 Å². The second-order valence-electron chi connectivity index (χ2n) is 8.24. The number of likely N-dealkylation sites (tertiary alicyclic amines) is 1. The fourth-order valence-electron chi connectivity index (χ4n) is 4.49. The molecule has 1 saturated heterocycles. The number of aromatic amines is 1. The molecule has 1 aliphatic rings. The molecule has 1 aromatic heterocycles. The Morgan fingerprint density at radius 3 is 2.48 bits per heavy atom. The number of fused-ring (bicyclic) bond motifs is 1. The average molecular weight is 411 g/mol. The first-order valence-electron chi connectivity index (χ1n) is 10.9. The van der Waals surface area contributed by atoms with E-state index in [1.54, 1.807) is 6.20 Å². The first-order valence-corrected chi connectivity index (χ1v) is 10.9. The summed E-state index contributed by atoms with van der Waals surface area (Å²) in [7, 11) is 0. The maximum absolute atomic E-state index is 13.4. The van der Waals surface area contributed by atoms with Crippen molar-refractivity contribution in [2.45, 2.75) is 25.3 Å². The van der Waals surface area contributed by atoms with Crippen molar-refractivity contribution in [1.29, 1.82) is 0 Å². The van der Waals surface area contributed by atoms with Gasteiger partial charge in [-0.15, -0.1) is 0 Å². The van der Waals surface area contributed by atoms with E-state index in [2.05, 4.69) is 52.7 Å². The Balaban J connectivity index is 1.51. The Morgan fingerprint density at radius 2 is 1.68 bits per heavy atom. The number of carbonyl (C=O) groups is 1. The van der Waals surface area contributed by atoms with Gasteiger partial charge in [0.2, 0.25) is 0 Å². The second-order valence-corrected chi connectivity index (χ2v) is 8.24. The molecule has 1 unspecified atom stereocenters. The molecule has 31 heavy (non-hydrogen) atoms. The van der Waals surface area contributed by atoms with E-state index in [4.69, 9.17) is 5.73 Å². The number of aromatic nitrogens is 2. The summed E-state index contributed by atoms with van der Waals surface area (Å²) in [5.41, 5.74) is 11.2. The van der Waals surface area contributed by atoms with Gasteiger partial charge in [-0.25, -0.2) is 0 Å². The van der Waals surface area contributed by atoms with Crippen molar-refractivity contribution in [2.75, 3.05) is 13.1 Å². The lowest BCUT2D eigenvalue weighted by Gasteiger charge is -2.21. The van der Waals surface area contributed by atoms with Gasteiger partial charge in [0.05, 0.1) is 5.69 Å². The molecule has 1 aliphatic heterocycles. The summed E-state index contributed by atoms with van der Waals surface area (Å²) < 4.78 is 0. The lowest BCUT2D eigenvalue weighted by atomic mass is 9.94. The third-order valence-corrected chi connectivity index (χ3v) is 6.22. The highest BCUT2D eigenvalue weighted by Crippen LogP contribution is 2.32. The van der Waals surface area contributed by atoms with Gasteiger partial charge in [0.1, 0.15) is 0 Å². The van der Waals surface area contributed by atoms with Gasteiger partial charge in [-0.2, -0.15) is 5.10 Å². The summed E-state index contributed by atoms with van der Waals surface area (Å²) in [5.74, 6) is 0.103. The first kappa shape index (κ1) is 19.5. The Morgan fingerprint density at radius 1 is 0.903 bits per heavy atom. The van der Waals surface area contributed by atoms with Crippen LogP contribution in [-0.2, 0) is 0 Å². The maximum atomic E-state index is 13.4. The predicted octanol–water partition coefficient (Wildman–Crippen LogP) is 4.85. The van der Waals surface area contributed by atoms with E-state index in [0.717, 1.165) is 71.1 Å². The SMILES string of the molecule is NC1CCCN(C(=O)c2cccc3c(-c4ccc(-c5ccn[nH]5)cc4)cccc23)CC1. The van der Waals surface area contributed by atoms with Crippen molar-refractivity contribution in [1.82, 2.24) is 15.1 Å². The van der Waals surface area contributed by atoms with Crippen LogP contribution in [0.2, 0.25) is 0 Å². The van der Waals surface area contributed by atoms with Crippen LogP contribution in [0.4, 0.5) is 0 Å². The molecule has 156 valence electrons. The molecular weight excluding hydrogens is 384 g/mol. The lowest BCUT2D eigenvalue weighted by molar-refractivity contribution is 0.0763. The number of amides is 1. The zero-order valence-electron chi connectivity index (χ0n) is 17.4. The molecule has 4 aromatic rings. The monoisotopic (exact) mass is 410 g/mol. The van der Waals surface area contributed by atoms with Crippen LogP contribution >= 0.6 is 0 Å². The number of hydrogen-bond donors (Lipinski definition) is 2. The van der Waals surface area contributed by atoms with Crippen molar-refractivity contribution >= 4 is 16.7 Å². The highest BCUT2D eigenvalue weighted by Gasteiger charge is 2.21. The zero-order valence-corrected chi connectivity index (χ0v) is 17.4. The highest BCUT2D eigenvalue weighted by molar-refractivity contribution is 6.10. The van der Waals surface area contributed by atoms with E-state index in [1.165, 1.54) is 0 Å². The van der Waals surface area contributed by atoms with E-state index >= 15 is 0 Å². The molecule has 0 spiro atoms. The molecule has 5 rings (SSSR count). The van der Waals surface area contributed by atoms with E-state index < -0.39 is 0 Å². The minimum Gasteiger partial charge on any atom is -0.339 e. The van der Waals surface area contributed by atoms with E-state index in [0.29, 0.717) is 0 Å². The molecule has 0 aliphatic carbocycles. The van der Waals surface area contributed by atoms with Crippen molar-refractivity contribution in [3.63, 3.8) is 0 Å². The number of nitrogens with zero attached hydrogens (tertiary/aromatic N) is 2. The summed E-state index contributed by atoms with van der Waals surface area (Å²) in [6.45, 7) is 1.50. The normalized spacial score (nSPS) is 16.9. The van der Waals surface area contributed by atoms with Crippen LogP contribution in [0.1, 0.15) is 29.6 Å². The first-order chi connectivity index (χ1) is 15.2. The van der Waals surface area contributed by atoms with Gasteiger partial charge >= 0.3 is 0 Å². The van der Waals surface area contributed by atoms with E-state index in [1.807, 2.05) is 29.2 Å². The summed E-state index contributed by atoms with van der Waals surface area (Å²) >= 11 is 0. The molecule has 0 saturated carbocycles. The molecular formula is C26H26N4O. The number of H-pyrrole nitrogens is 1. The molecule has 5 nitrogen and oxygen atoms in total. The predicted molar refractivity (Wildman–Crippen MR) is 125 cm³/mol. The number of nitrogens with two attached hydrogens (primary N) is 1. The fourth-order valence-corrected chi connectivity index (χ4v) is 4.49. The Hall–Kier alpha value is -3.44. The molecule has 3 aromatic carbocycles. The summed E-state index contributed by atoms with van der Waals surface area (Å²) in [4.78, 5) is 15.3. The topological polar surface area (TPSA) is 75.0 Å². The summed E-state index contributed by atoms with van der Waals surface area (Å²) in [5, 5.41) is 9.12. The quantitative estimate of drug-likeness (QED) is 0.507. The third-order valence-electron chi connectivity index (χ3n) is 6.22.